The maximum Gasteiger partial charge on any atom is 0.272 e. The summed E-state index contributed by atoms with van der Waals surface area (Å²) < 4.78 is 28.5. The largest absolute Gasteiger partial charge is 0.272 e. The maximum atomic E-state index is 14.2. The molecule has 1 fully saturated rings. The standard InChI is InChI=1S/C18H20F2N2O/c1-10-6-8-12(9-7-10)15-11(2)21-22-18(23)17(15)16-13(19)4-3-5-14(16)20/h3-5,10,12H,6-9H2,1-2H3,(H,22,23). The van der Waals surface area contributed by atoms with Crippen molar-refractivity contribution in [1.82, 2.24) is 10.2 Å². The summed E-state index contributed by atoms with van der Waals surface area (Å²) in [6.45, 7) is 3.99. The van der Waals surface area contributed by atoms with Crippen molar-refractivity contribution in [2.75, 3.05) is 0 Å². The summed E-state index contributed by atoms with van der Waals surface area (Å²) in [6.07, 6.45) is 3.93. The molecule has 1 heterocycles. The Bertz CT molecular complexity index is 757. The van der Waals surface area contributed by atoms with Gasteiger partial charge in [-0.05, 0) is 49.3 Å². The normalized spacial score (nSPS) is 21.4. The smallest absolute Gasteiger partial charge is 0.267 e. The summed E-state index contributed by atoms with van der Waals surface area (Å²) in [5.74, 6) is -0.664. The van der Waals surface area contributed by atoms with E-state index >= 15 is 0 Å². The number of aryl methyl sites for hydroxylation is 1. The number of nitrogens with zero attached hydrogens (tertiary/aromatic N) is 1. The van der Waals surface area contributed by atoms with Gasteiger partial charge in [0, 0.05) is 0 Å². The summed E-state index contributed by atoms with van der Waals surface area (Å²) in [4.78, 5) is 12.4. The van der Waals surface area contributed by atoms with Crippen LogP contribution in [0.15, 0.2) is 23.0 Å². The van der Waals surface area contributed by atoms with E-state index in [1.54, 1.807) is 6.92 Å². The molecule has 3 nitrogen and oxygen atoms in total. The number of H-pyrrole nitrogens is 1. The fraction of sp³-hybridized carbons (Fsp3) is 0.444. The van der Waals surface area contributed by atoms with Gasteiger partial charge in [-0.25, -0.2) is 13.9 Å². The molecule has 0 radical (unpaired) electrons. The Balaban J connectivity index is 2.21. The molecule has 0 bridgehead atoms. The summed E-state index contributed by atoms with van der Waals surface area (Å²) in [7, 11) is 0. The molecule has 122 valence electrons. The number of aromatic amines is 1. The Morgan fingerprint density at radius 3 is 2.30 bits per heavy atom. The Labute approximate surface area is 133 Å². The minimum Gasteiger partial charge on any atom is -0.267 e. The van der Waals surface area contributed by atoms with Gasteiger partial charge in [0.1, 0.15) is 11.6 Å². The number of rotatable bonds is 2. The highest BCUT2D eigenvalue weighted by molar-refractivity contribution is 5.69. The van der Waals surface area contributed by atoms with Crippen LogP contribution in [0.25, 0.3) is 11.1 Å². The average molecular weight is 318 g/mol. The molecule has 1 aromatic carbocycles. The van der Waals surface area contributed by atoms with Crippen LogP contribution in [0.4, 0.5) is 8.78 Å². The van der Waals surface area contributed by atoms with E-state index in [9.17, 15) is 13.6 Å². The second-order valence-corrected chi connectivity index (χ2v) is 6.48. The number of hydrogen-bond donors (Lipinski definition) is 1. The van der Waals surface area contributed by atoms with Crippen molar-refractivity contribution in [3.63, 3.8) is 0 Å². The van der Waals surface area contributed by atoms with Crippen molar-refractivity contribution < 1.29 is 8.78 Å². The molecular formula is C18H20F2N2O. The van der Waals surface area contributed by atoms with Crippen molar-refractivity contribution in [3.8, 4) is 11.1 Å². The van der Waals surface area contributed by atoms with E-state index in [1.165, 1.54) is 18.2 Å². The maximum absolute atomic E-state index is 14.2. The van der Waals surface area contributed by atoms with Gasteiger partial charge in [0.2, 0.25) is 0 Å². The van der Waals surface area contributed by atoms with Crippen molar-refractivity contribution >= 4 is 0 Å². The van der Waals surface area contributed by atoms with Gasteiger partial charge in [0.15, 0.2) is 0 Å². The summed E-state index contributed by atoms with van der Waals surface area (Å²) in [6, 6.07) is 3.67. The molecule has 0 amide bonds. The van der Waals surface area contributed by atoms with Crippen LogP contribution in [-0.4, -0.2) is 10.2 Å². The molecule has 0 saturated heterocycles. The number of aromatic nitrogens is 2. The highest BCUT2D eigenvalue weighted by atomic mass is 19.1. The highest BCUT2D eigenvalue weighted by Gasteiger charge is 2.28. The fourth-order valence-corrected chi connectivity index (χ4v) is 3.59. The first-order valence-electron chi connectivity index (χ1n) is 8.02. The number of nitrogens with one attached hydrogen (secondary N) is 1. The Hall–Kier alpha value is -2.04. The first-order valence-corrected chi connectivity index (χ1v) is 8.02. The Morgan fingerprint density at radius 2 is 1.70 bits per heavy atom. The van der Waals surface area contributed by atoms with Crippen LogP contribution in [0.5, 0.6) is 0 Å². The van der Waals surface area contributed by atoms with Gasteiger partial charge in [-0.2, -0.15) is 5.10 Å². The van der Waals surface area contributed by atoms with Gasteiger partial charge in [-0.15, -0.1) is 0 Å². The monoisotopic (exact) mass is 318 g/mol. The van der Waals surface area contributed by atoms with Gasteiger partial charge in [0.05, 0.1) is 16.8 Å². The first kappa shape index (κ1) is 15.8. The number of benzene rings is 1. The van der Waals surface area contributed by atoms with Crippen LogP contribution in [0.1, 0.15) is 49.8 Å². The molecule has 1 aromatic heterocycles. The van der Waals surface area contributed by atoms with Crippen molar-refractivity contribution in [2.45, 2.75) is 45.4 Å². The van der Waals surface area contributed by atoms with Crippen LogP contribution < -0.4 is 5.56 Å². The van der Waals surface area contributed by atoms with E-state index in [0.29, 0.717) is 17.2 Å². The third-order valence-corrected chi connectivity index (χ3v) is 4.85. The zero-order valence-corrected chi connectivity index (χ0v) is 13.3. The second-order valence-electron chi connectivity index (χ2n) is 6.48. The molecule has 0 unspecified atom stereocenters. The van der Waals surface area contributed by atoms with Crippen LogP contribution in [0.2, 0.25) is 0 Å². The van der Waals surface area contributed by atoms with Crippen molar-refractivity contribution in [1.29, 1.82) is 0 Å². The second kappa shape index (κ2) is 6.22. The molecule has 0 atom stereocenters. The molecule has 1 aliphatic rings. The van der Waals surface area contributed by atoms with E-state index in [2.05, 4.69) is 17.1 Å². The fourth-order valence-electron chi connectivity index (χ4n) is 3.59. The predicted molar refractivity (Wildman–Crippen MR) is 85.3 cm³/mol. The lowest BCUT2D eigenvalue weighted by molar-refractivity contribution is 0.346. The van der Waals surface area contributed by atoms with Crippen molar-refractivity contribution in [2.24, 2.45) is 5.92 Å². The topological polar surface area (TPSA) is 45.8 Å². The number of hydrogen-bond acceptors (Lipinski definition) is 2. The zero-order valence-electron chi connectivity index (χ0n) is 13.3. The lowest BCUT2D eigenvalue weighted by Crippen LogP contribution is -2.21. The summed E-state index contributed by atoms with van der Waals surface area (Å²) in [5.41, 5.74) is 0.667. The minimum atomic E-state index is -0.716. The van der Waals surface area contributed by atoms with Crippen LogP contribution >= 0.6 is 0 Å². The molecule has 1 saturated carbocycles. The van der Waals surface area contributed by atoms with E-state index < -0.39 is 17.2 Å². The van der Waals surface area contributed by atoms with Crippen LogP contribution in [0, 0.1) is 24.5 Å². The summed E-state index contributed by atoms with van der Waals surface area (Å²) in [5, 5.41) is 6.41. The van der Waals surface area contributed by atoms with E-state index in [0.717, 1.165) is 25.7 Å². The van der Waals surface area contributed by atoms with Gasteiger partial charge in [-0.1, -0.05) is 25.8 Å². The van der Waals surface area contributed by atoms with Gasteiger partial charge >= 0.3 is 0 Å². The average Bonchev–Trinajstić information content (AvgIpc) is 2.52. The third-order valence-electron chi connectivity index (χ3n) is 4.85. The molecule has 2 aromatic rings. The number of halogens is 2. The van der Waals surface area contributed by atoms with Crippen LogP contribution in [0.3, 0.4) is 0 Å². The van der Waals surface area contributed by atoms with Gasteiger partial charge in [0.25, 0.3) is 5.56 Å². The molecular weight excluding hydrogens is 298 g/mol. The van der Waals surface area contributed by atoms with E-state index in [1.807, 2.05) is 0 Å². The Morgan fingerprint density at radius 1 is 1.09 bits per heavy atom. The first-order chi connectivity index (χ1) is 11.0. The molecule has 3 rings (SSSR count). The van der Waals surface area contributed by atoms with Crippen LogP contribution in [-0.2, 0) is 0 Å². The zero-order chi connectivity index (χ0) is 16.6. The van der Waals surface area contributed by atoms with Gasteiger partial charge in [-0.3, -0.25) is 4.79 Å². The molecule has 5 heteroatoms. The SMILES string of the molecule is Cc1n[nH]c(=O)c(-c2c(F)cccc2F)c1C1CCC(C)CC1. The van der Waals surface area contributed by atoms with E-state index in [4.69, 9.17) is 0 Å². The minimum absolute atomic E-state index is 0.104. The highest BCUT2D eigenvalue weighted by Crippen LogP contribution is 2.40. The van der Waals surface area contributed by atoms with Gasteiger partial charge < -0.3 is 0 Å². The van der Waals surface area contributed by atoms with E-state index in [-0.39, 0.29) is 17.0 Å². The third kappa shape index (κ3) is 2.92. The molecule has 1 N–H and O–H groups in total. The quantitative estimate of drug-likeness (QED) is 0.896. The Kier molecular flexibility index (Phi) is 4.28. The molecule has 1 aliphatic carbocycles. The molecule has 0 spiro atoms. The molecule has 0 aliphatic heterocycles. The lowest BCUT2D eigenvalue weighted by atomic mass is 9.77. The predicted octanol–water partition coefficient (Wildman–Crippen LogP) is 4.32. The summed E-state index contributed by atoms with van der Waals surface area (Å²) >= 11 is 0. The van der Waals surface area contributed by atoms with Crippen molar-refractivity contribution in [3.05, 3.63) is 51.4 Å². The lowest BCUT2D eigenvalue weighted by Gasteiger charge is -2.28. The molecule has 23 heavy (non-hydrogen) atoms.